The maximum Gasteiger partial charge on any atom is 0.211 e. The molecule has 0 aromatic carbocycles. The van der Waals surface area contributed by atoms with Crippen molar-refractivity contribution in [1.29, 1.82) is 0 Å². The normalized spacial score (nSPS) is 24.9. The van der Waals surface area contributed by atoms with E-state index >= 15 is 0 Å². The van der Waals surface area contributed by atoms with Gasteiger partial charge in [-0.15, -0.1) is 0 Å². The Morgan fingerprint density at radius 1 is 1.47 bits per heavy atom. The van der Waals surface area contributed by atoms with Crippen molar-refractivity contribution in [2.45, 2.75) is 45.6 Å². The van der Waals surface area contributed by atoms with Crippen LogP contribution in [-0.4, -0.2) is 43.9 Å². The number of nitrogens with two attached hydrogens (primary N) is 1. The van der Waals surface area contributed by atoms with E-state index in [4.69, 9.17) is 5.73 Å². The molecule has 3 unspecified atom stereocenters. The van der Waals surface area contributed by atoms with E-state index in [1.54, 1.807) is 0 Å². The van der Waals surface area contributed by atoms with Crippen molar-refractivity contribution in [3.05, 3.63) is 0 Å². The molecule has 2 N–H and O–H groups in total. The van der Waals surface area contributed by atoms with Gasteiger partial charge in [-0.2, -0.15) is 0 Å². The van der Waals surface area contributed by atoms with Crippen molar-refractivity contribution in [2.75, 3.05) is 19.3 Å². The van der Waals surface area contributed by atoms with E-state index in [1.165, 1.54) is 10.6 Å². The fraction of sp³-hybridized carbons (Fsp3) is 0.923. The Hall–Kier alpha value is -0.460. The second kappa shape index (κ2) is 6.81. The van der Waals surface area contributed by atoms with Gasteiger partial charge in [-0.25, -0.2) is 12.7 Å². The number of rotatable bonds is 6. The van der Waals surface area contributed by atoms with Crippen molar-refractivity contribution >= 4 is 15.8 Å². The van der Waals surface area contributed by atoms with Gasteiger partial charge in [-0.1, -0.05) is 20.3 Å². The van der Waals surface area contributed by atoms with Crippen molar-refractivity contribution in [2.24, 2.45) is 17.6 Å². The van der Waals surface area contributed by atoms with Crippen LogP contribution in [0.5, 0.6) is 0 Å². The minimum absolute atomic E-state index is 0.0645. The van der Waals surface area contributed by atoms with Crippen molar-refractivity contribution in [3.63, 3.8) is 0 Å². The van der Waals surface area contributed by atoms with Crippen LogP contribution >= 0.6 is 0 Å². The molecule has 6 heteroatoms. The molecule has 0 amide bonds. The Morgan fingerprint density at radius 3 is 2.63 bits per heavy atom. The highest BCUT2D eigenvalue weighted by Gasteiger charge is 2.29. The van der Waals surface area contributed by atoms with Crippen LogP contribution in [0.4, 0.5) is 0 Å². The second-order valence-corrected chi connectivity index (χ2v) is 7.69. The SMILES string of the molecule is CCC(C)C(N)C(=O)CC1CCCN(S(C)(=O)=O)C1. The quantitative estimate of drug-likeness (QED) is 0.791. The molecular formula is C13H26N2O3S. The monoisotopic (exact) mass is 290 g/mol. The average Bonchev–Trinajstić information content (AvgIpc) is 2.36. The van der Waals surface area contributed by atoms with Gasteiger partial charge in [0.1, 0.15) is 5.78 Å². The third-order valence-electron chi connectivity index (χ3n) is 4.07. The van der Waals surface area contributed by atoms with Crippen LogP contribution in [0.2, 0.25) is 0 Å². The van der Waals surface area contributed by atoms with Gasteiger partial charge in [0.2, 0.25) is 10.0 Å². The standard InChI is InChI=1S/C13H26N2O3S/c1-4-10(2)13(14)12(16)8-11-6-5-7-15(9-11)19(3,17)18/h10-11,13H,4-9,14H2,1-3H3. The van der Waals surface area contributed by atoms with Gasteiger partial charge >= 0.3 is 0 Å². The summed E-state index contributed by atoms with van der Waals surface area (Å²) in [5, 5.41) is 0. The molecule has 0 bridgehead atoms. The smallest absolute Gasteiger partial charge is 0.211 e. The lowest BCUT2D eigenvalue weighted by molar-refractivity contribution is -0.122. The molecule has 0 aromatic rings. The number of sulfonamides is 1. The second-order valence-electron chi connectivity index (χ2n) is 5.71. The van der Waals surface area contributed by atoms with Crippen LogP contribution in [0.15, 0.2) is 0 Å². The molecule has 1 aliphatic heterocycles. The minimum Gasteiger partial charge on any atom is -0.321 e. The van der Waals surface area contributed by atoms with E-state index in [9.17, 15) is 13.2 Å². The van der Waals surface area contributed by atoms with E-state index in [1.807, 2.05) is 13.8 Å². The predicted octanol–water partition coefficient (Wildman–Crippen LogP) is 0.991. The Balaban J connectivity index is 2.55. The number of hydrogen-bond donors (Lipinski definition) is 1. The highest BCUT2D eigenvalue weighted by molar-refractivity contribution is 7.88. The van der Waals surface area contributed by atoms with Gasteiger partial charge in [-0.05, 0) is 24.7 Å². The fourth-order valence-corrected chi connectivity index (χ4v) is 3.43. The third-order valence-corrected chi connectivity index (χ3v) is 5.34. The molecule has 1 fully saturated rings. The lowest BCUT2D eigenvalue weighted by Gasteiger charge is -2.31. The van der Waals surface area contributed by atoms with E-state index in [0.29, 0.717) is 19.5 Å². The summed E-state index contributed by atoms with van der Waals surface area (Å²) in [5.74, 6) is 0.364. The Bertz CT molecular complexity index is 408. The zero-order valence-corrected chi connectivity index (χ0v) is 12.9. The summed E-state index contributed by atoms with van der Waals surface area (Å²) in [7, 11) is -3.15. The molecule has 3 atom stereocenters. The molecule has 5 nitrogen and oxygen atoms in total. The molecule has 1 rings (SSSR count). The number of piperidine rings is 1. The van der Waals surface area contributed by atoms with E-state index in [2.05, 4.69) is 0 Å². The van der Waals surface area contributed by atoms with Crippen LogP contribution in [0, 0.1) is 11.8 Å². The lowest BCUT2D eigenvalue weighted by Crippen LogP contribution is -2.42. The van der Waals surface area contributed by atoms with Gasteiger partial charge in [0.25, 0.3) is 0 Å². The molecule has 0 aliphatic carbocycles. The summed E-state index contributed by atoms with van der Waals surface area (Å²) in [5.41, 5.74) is 5.93. The predicted molar refractivity (Wildman–Crippen MR) is 76.2 cm³/mol. The van der Waals surface area contributed by atoms with E-state index < -0.39 is 16.1 Å². The Morgan fingerprint density at radius 2 is 2.11 bits per heavy atom. The maximum atomic E-state index is 12.1. The number of Topliss-reactive ketones (excluding diaryl/α,β-unsaturated/α-hetero) is 1. The van der Waals surface area contributed by atoms with Crippen LogP contribution in [0.25, 0.3) is 0 Å². The first-order valence-corrected chi connectivity index (χ1v) is 8.84. The van der Waals surface area contributed by atoms with Gasteiger partial charge in [0.15, 0.2) is 0 Å². The zero-order valence-electron chi connectivity index (χ0n) is 12.1. The highest BCUT2D eigenvalue weighted by atomic mass is 32.2. The van der Waals surface area contributed by atoms with E-state index in [-0.39, 0.29) is 17.6 Å². The molecule has 1 aliphatic rings. The van der Waals surface area contributed by atoms with Gasteiger partial charge in [0.05, 0.1) is 12.3 Å². The largest absolute Gasteiger partial charge is 0.321 e. The average molecular weight is 290 g/mol. The van der Waals surface area contributed by atoms with Gasteiger partial charge in [0, 0.05) is 19.5 Å². The Labute approximate surface area is 116 Å². The number of hydrogen-bond acceptors (Lipinski definition) is 4. The molecule has 0 spiro atoms. The number of ketones is 1. The first-order chi connectivity index (χ1) is 8.75. The van der Waals surface area contributed by atoms with Crippen LogP contribution in [0.3, 0.4) is 0 Å². The Kier molecular flexibility index (Phi) is 5.95. The van der Waals surface area contributed by atoms with Crippen LogP contribution < -0.4 is 5.73 Å². The molecule has 1 heterocycles. The maximum absolute atomic E-state index is 12.1. The molecule has 0 radical (unpaired) electrons. The molecule has 19 heavy (non-hydrogen) atoms. The molecule has 0 aromatic heterocycles. The summed E-state index contributed by atoms with van der Waals surface area (Å²) in [6, 6.07) is -0.418. The first-order valence-electron chi connectivity index (χ1n) is 6.99. The number of carbonyl (C=O) groups excluding carboxylic acids is 1. The lowest BCUT2D eigenvalue weighted by atomic mass is 9.88. The topological polar surface area (TPSA) is 80.5 Å². The minimum atomic E-state index is -3.15. The molecule has 0 saturated carbocycles. The van der Waals surface area contributed by atoms with Crippen molar-refractivity contribution in [3.8, 4) is 0 Å². The first kappa shape index (κ1) is 16.6. The summed E-state index contributed by atoms with van der Waals surface area (Å²) in [6.45, 7) is 5.02. The highest BCUT2D eigenvalue weighted by Crippen LogP contribution is 2.23. The number of nitrogens with zero attached hydrogens (tertiary/aromatic N) is 1. The van der Waals surface area contributed by atoms with Crippen LogP contribution in [-0.2, 0) is 14.8 Å². The van der Waals surface area contributed by atoms with Gasteiger partial charge < -0.3 is 5.73 Å². The summed E-state index contributed by atoms with van der Waals surface area (Å²) < 4.78 is 24.5. The summed E-state index contributed by atoms with van der Waals surface area (Å²) in [6.07, 6.45) is 4.24. The van der Waals surface area contributed by atoms with Crippen LogP contribution in [0.1, 0.15) is 39.5 Å². The van der Waals surface area contributed by atoms with Crippen molar-refractivity contribution in [1.82, 2.24) is 4.31 Å². The zero-order chi connectivity index (χ0) is 14.6. The third kappa shape index (κ3) is 4.85. The van der Waals surface area contributed by atoms with E-state index in [0.717, 1.165) is 19.3 Å². The van der Waals surface area contributed by atoms with Gasteiger partial charge in [-0.3, -0.25) is 4.79 Å². The summed E-state index contributed by atoms with van der Waals surface area (Å²) >= 11 is 0. The molecule has 112 valence electrons. The van der Waals surface area contributed by atoms with Crippen molar-refractivity contribution < 1.29 is 13.2 Å². The molecular weight excluding hydrogens is 264 g/mol. The summed E-state index contributed by atoms with van der Waals surface area (Å²) in [4.78, 5) is 12.1. The fourth-order valence-electron chi connectivity index (χ4n) is 2.49. The number of carbonyl (C=O) groups is 1. The molecule has 1 saturated heterocycles.